The van der Waals surface area contributed by atoms with Crippen LogP contribution in [0, 0.1) is 11.8 Å². The molecule has 0 radical (unpaired) electrons. The minimum Gasteiger partial charge on any atom is -0.341 e. The number of alkyl halides is 3. The molecular weight excluding hydrogens is 439 g/mol. The standard InChI is InChI=1S/C22H28F3N5O3/c23-22(24,25)17-2-1-3-18(13-17)27-21(33)30-8-4-15-12-19(31)28(7-5-16(15)14-30)10-11-29-9-6-26-20(29)32/h1-3,13,15-16H,4-12,14H2,(H,26,32)(H,27,33)/t15-,16-/m0/s1. The molecule has 3 saturated heterocycles. The molecule has 2 atom stereocenters. The lowest BCUT2D eigenvalue weighted by Gasteiger charge is -2.37. The number of carbonyl (C=O) groups excluding carboxylic acids is 3. The second kappa shape index (κ2) is 9.48. The molecule has 0 bridgehead atoms. The molecular formula is C22H28F3N5O3. The van der Waals surface area contributed by atoms with Gasteiger partial charge in [-0.15, -0.1) is 0 Å². The summed E-state index contributed by atoms with van der Waals surface area (Å²) in [6.07, 6.45) is -2.64. The molecule has 3 fully saturated rings. The van der Waals surface area contributed by atoms with Crippen LogP contribution in [0.4, 0.5) is 28.4 Å². The molecule has 4 rings (SSSR count). The van der Waals surface area contributed by atoms with Crippen molar-refractivity contribution in [2.45, 2.75) is 25.4 Å². The van der Waals surface area contributed by atoms with E-state index in [1.807, 2.05) is 0 Å². The van der Waals surface area contributed by atoms with Crippen LogP contribution in [0.5, 0.6) is 0 Å². The van der Waals surface area contributed by atoms with Crippen LogP contribution in [-0.4, -0.2) is 78.5 Å². The Morgan fingerprint density at radius 3 is 2.55 bits per heavy atom. The van der Waals surface area contributed by atoms with Crippen LogP contribution in [0.1, 0.15) is 24.8 Å². The molecule has 8 nitrogen and oxygen atoms in total. The Morgan fingerprint density at radius 2 is 1.82 bits per heavy atom. The first-order valence-electron chi connectivity index (χ1n) is 11.2. The summed E-state index contributed by atoms with van der Waals surface area (Å²) in [5.74, 6) is 0.397. The molecule has 180 valence electrons. The number of rotatable bonds is 4. The van der Waals surface area contributed by atoms with Crippen molar-refractivity contribution in [3.05, 3.63) is 29.8 Å². The summed E-state index contributed by atoms with van der Waals surface area (Å²) in [5, 5.41) is 5.32. The van der Waals surface area contributed by atoms with E-state index < -0.39 is 17.8 Å². The zero-order chi connectivity index (χ0) is 23.6. The number of fused-ring (bicyclic) bond motifs is 1. The number of carbonyl (C=O) groups is 3. The number of hydrogen-bond donors (Lipinski definition) is 2. The molecule has 0 aromatic heterocycles. The summed E-state index contributed by atoms with van der Waals surface area (Å²) in [4.78, 5) is 42.3. The molecule has 3 heterocycles. The van der Waals surface area contributed by atoms with Gasteiger partial charge in [0.2, 0.25) is 5.91 Å². The quantitative estimate of drug-likeness (QED) is 0.714. The number of hydrogen-bond acceptors (Lipinski definition) is 3. The largest absolute Gasteiger partial charge is 0.416 e. The highest BCUT2D eigenvalue weighted by atomic mass is 19.4. The minimum absolute atomic E-state index is 0.0731. The first-order chi connectivity index (χ1) is 15.7. The number of benzene rings is 1. The van der Waals surface area contributed by atoms with Gasteiger partial charge in [-0.3, -0.25) is 4.79 Å². The summed E-state index contributed by atoms with van der Waals surface area (Å²) in [6, 6.07) is 4.05. The fourth-order valence-electron chi connectivity index (χ4n) is 4.84. The van der Waals surface area contributed by atoms with Crippen molar-refractivity contribution in [2.24, 2.45) is 11.8 Å². The Hall–Kier alpha value is -2.98. The van der Waals surface area contributed by atoms with Crippen LogP contribution in [0.3, 0.4) is 0 Å². The molecule has 2 N–H and O–H groups in total. The smallest absolute Gasteiger partial charge is 0.341 e. The van der Waals surface area contributed by atoms with Gasteiger partial charge in [-0.25, -0.2) is 9.59 Å². The third kappa shape index (κ3) is 5.51. The van der Waals surface area contributed by atoms with Crippen molar-refractivity contribution in [1.29, 1.82) is 0 Å². The average Bonchev–Trinajstić information content (AvgIpc) is 3.11. The maximum atomic E-state index is 12.9. The van der Waals surface area contributed by atoms with Gasteiger partial charge in [0.15, 0.2) is 0 Å². The number of halogens is 3. The van der Waals surface area contributed by atoms with Gasteiger partial charge < -0.3 is 25.3 Å². The number of likely N-dealkylation sites (tertiary alicyclic amines) is 2. The SMILES string of the molecule is O=C1C[C@@H]2CCN(C(=O)Nc3cccc(C(F)(F)F)c3)C[C@@H]2CCN1CCN1CCNC1=O. The number of nitrogens with one attached hydrogen (secondary N) is 2. The topological polar surface area (TPSA) is 85.0 Å². The van der Waals surface area contributed by atoms with Crippen molar-refractivity contribution in [2.75, 3.05) is 51.1 Å². The Bertz CT molecular complexity index is 910. The molecule has 0 unspecified atom stereocenters. The van der Waals surface area contributed by atoms with Crippen molar-refractivity contribution >= 4 is 23.7 Å². The second-order valence-electron chi connectivity index (χ2n) is 8.86. The highest BCUT2D eigenvalue weighted by Gasteiger charge is 2.37. The van der Waals surface area contributed by atoms with Gasteiger partial charge in [-0.05, 0) is 42.9 Å². The maximum Gasteiger partial charge on any atom is 0.416 e. The van der Waals surface area contributed by atoms with Gasteiger partial charge in [0, 0.05) is 57.9 Å². The van der Waals surface area contributed by atoms with Crippen LogP contribution in [0.15, 0.2) is 24.3 Å². The molecule has 33 heavy (non-hydrogen) atoms. The van der Waals surface area contributed by atoms with Gasteiger partial charge in [0.05, 0.1) is 5.56 Å². The van der Waals surface area contributed by atoms with E-state index in [9.17, 15) is 27.6 Å². The van der Waals surface area contributed by atoms with Gasteiger partial charge >= 0.3 is 18.2 Å². The normalized spacial score (nSPS) is 23.8. The van der Waals surface area contributed by atoms with E-state index in [0.29, 0.717) is 58.7 Å². The molecule has 0 saturated carbocycles. The fraction of sp³-hybridized carbons (Fsp3) is 0.591. The predicted molar refractivity (Wildman–Crippen MR) is 114 cm³/mol. The molecule has 5 amide bonds. The third-order valence-electron chi connectivity index (χ3n) is 6.76. The summed E-state index contributed by atoms with van der Waals surface area (Å²) >= 11 is 0. The lowest BCUT2D eigenvalue weighted by molar-refractivity contribution is -0.137. The highest BCUT2D eigenvalue weighted by molar-refractivity contribution is 5.89. The van der Waals surface area contributed by atoms with E-state index in [4.69, 9.17) is 0 Å². The number of amides is 5. The highest BCUT2D eigenvalue weighted by Crippen LogP contribution is 2.33. The van der Waals surface area contributed by atoms with Crippen molar-refractivity contribution in [3.63, 3.8) is 0 Å². The van der Waals surface area contributed by atoms with Crippen LogP contribution >= 0.6 is 0 Å². The molecule has 1 aromatic carbocycles. The summed E-state index contributed by atoms with van der Waals surface area (Å²) < 4.78 is 38.8. The Morgan fingerprint density at radius 1 is 1.06 bits per heavy atom. The van der Waals surface area contributed by atoms with E-state index in [-0.39, 0.29) is 29.5 Å². The number of urea groups is 2. The van der Waals surface area contributed by atoms with Crippen LogP contribution in [0.2, 0.25) is 0 Å². The molecule has 11 heteroatoms. The fourth-order valence-corrected chi connectivity index (χ4v) is 4.84. The lowest BCUT2D eigenvalue weighted by Crippen LogP contribution is -2.45. The van der Waals surface area contributed by atoms with E-state index in [1.54, 1.807) is 14.7 Å². The van der Waals surface area contributed by atoms with E-state index in [2.05, 4.69) is 10.6 Å². The van der Waals surface area contributed by atoms with Crippen LogP contribution in [0.25, 0.3) is 0 Å². The summed E-state index contributed by atoms with van der Waals surface area (Å²) in [5.41, 5.74) is -0.710. The Balaban J connectivity index is 1.32. The van der Waals surface area contributed by atoms with Crippen LogP contribution < -0.4 is 10.6 Å². The van der Waals surface area contributed by atoms with E-state index in [1.165, 1.54) is 12.1 Å². The van der Waals surface area contributed by atoms with Gasteiger partial charge in [0.25, 0.3) is 0 Å². The molecule has 0 aliphatic carbocycles. The monoisotopic (exact) mass is 467 g/mol. The third-order valence-corrected chi connectivity index (χ3v) is 6.76. The predicted octanol–water partition coefficient (Wildman–Crippen LogP) is 2.82. The minimum atomic E-state index is -4.48. The van der Waals surface area contributed by atoms with Gasteiger partial charge in [0.1, 0.15) is 0 Å². The zero-order valence-corrected chi connectivity index (χ0v) is 18.2. The Kier molecular flexibility index (Phi) is 6.66. The van der Waals surface area contributed by atoms with E-state index in [0.717, 1.165) is 18.6 Å². The molecule has 0 spiro atoms. The maximum absolute atomic E-state index is 12.9. The van der Waals surface area contributed by atoms with Gasteiger partial charge in [-0.2, -0.15) is 13.2 Å². The van der Waals surface area contributed by atoms with E-state index >= 15 is 0 Å². The number of anilines is 1. The summed E-state index contributed by atoms with van der Waals surface area (Å²) in [7, 11) is 0. The molecule has 3 aliphatic heterocycles. The Labute approximate surface area is 190 Å². The zero-order valence-electron chi connectivity index (χ0n) is 18.2. The van der Waals surface area contributed by atoms with Crippen molar-refractivity contribution < 1.29 is 27.6 Å². The van der Waals surface area contributed by atoms with Crippen molar-refractivity contribution in [3.8, 4) is 0 Å². The van der Waals surface area contributed by atoms with Crippen molar-refractivity contribution in [1.82, 2.24) is 20.0 Å². The first kappa shape index (κ1) is 23.2. The second-order valence-corrected chi connectivity index (χ2v) is 8.86. The molecule has 3 aliphatic rings. The molecule has 1 aromatic rings. The number of nitrogens with zero attached hydrogens (tertiary/aromatic N) is 3. The number of piperidine rings is 1. The summed E-state index contributed by atoms with van der Waals surface area (Å²) in [6.45, 7) is 3.73. The lowest BCUT2D eigenvalue weighted by atomic mass is 9.82. The average molecular weight is 467 g/mol. The van der Waals surface area contributed by atoms with Crippen LogP contribution in [-0.2, 0) is 11.0 Å². The first-order valence-corrected chi connectivity index (χ1v) is 11.2. The van der Waals surface area contributed by atoms with Gasteiger partial charge in [-0.1, -0.05) is 6.07 Å².